The van der Waals surface area contributed by atoms with Crippen molar-refractivity contribution < 1.29 is 22.7 Å². The summed E-state index contributed by atoms with van der Waals surface area (Å²) >= 11 is 12.2. The smallest absolute Gasteiger partial charge is 0.244 e. The number of benzene rings is 3. The van der Waals surface area contributed by atoms with Gasteiger partial charge < -0.3 is 15.0 Å². The molecule has 3 aromatic rings. The third-order valence-corrected chi connectivity index (χ3v) is 7.99. The third kappa shape index (κ3) is 8.87. The maximum absolute atomic E-state index is 13.6. The Morgan fingerprint density at radius 2 is 1.62 bits per heavy atom. The van der Waals surface area contributed by atoms with Gasteiger partial charge in [0.05, 0.1) is 22.0 Å². The van der Waals surface area contributed by atoms with E-state index in [4.69, 9.17) is 27.9 Å². The third-order valence-electron chi connectivity index (χ3n) is 6.11. The van der Waals surface area contributed by atoms with Crippen molar-refractivity contribution in [2.45, 2.75) is 39.5 Å². The molecular formula is C29H33Cl2N3O5S. The maximum Gasteiger partial charge on any atom is 0.244 e. The molecule has 3 aromatic carbocycles. The summed E-state index contributed by atoms with van der Waals surface area (Å²) in [5.41, 5.74) is 1.93. The van der Waals surface area contributed by atoms with Crippen LogP contribution in [0.2, 0.25) is 10.0 Å². The molecule has 0 aliphatic rings. The Morgan fingerprint density at radius 1 is 0.950 bits per heavy atom. The zero-order chi connectivity index (χ0) is 29.3. The normalized spacial score (nSPS) is 11.9. The van der Waals surface area contributed by atoms with Gasteiger partial charge in [0.15, 0.2) is 0 Å². The second kappa shape index (κ2) is 14.4. The lowest BCUT2D eigenvalue weighted by atomic mass is 10.1. The van der Waals surface area contributed by atoms with E-state index >= 15 is 0 Å². The van der Waals surface area contributed by atoms with Crippen LogP contribution < -0.4 is 14.4 Å². The van der Waals surface area contributed by atoms with Gasteiger partial charge in [0.25, 0.3) is 0 Å². The summed E-state index contributed by atoms with van der Waals surface area (Å²) in [4.78, 5) is 27.8. The van der Waals surface area contributed by atoms with Gasteiger partial charge in [-0.25, -0.2) is 8.42 Å². The van der Waals surface area contributed by atoms with Gasteiger partial charge >= 0.3 is 0 Å². The summed E-state index contributed by atoms with van der Waals surface area (Å²) in [5.74, 6) is -0.351. The first-order chi connectivity index (χ1) is 19.0. The molecule has 0 spiro atoms. The van der Waals surface area contributed by atoms with Crippen LogP contribution in [0.1, 0.15) is 31.4 Å². The minimum Gasteiger partial charge on any atom is -0.489 e. The fourth-order valence-corrected chi connectivity index (χ4v) is 5.05. The maximum atomic E-state index is 13.6. The van der Waals surface area contributed by atoms with Crippen molar-refractivity contribution in [2.75, 3.05) is 23.7 Å². The minimum absolute atomic E-state index is 0.0281. The predicted molar refractivity (Wildman–Crippen MR) is 159 cm³/mol. The monoisotopic (exact) mass is 605 g/mol. The van der Waals surface area contributed by atoms with Crippen molar-refractivity contribution in [3.05, 3.63) is 94.0 Å². The Labute approximate surface area is 245 Å². The number of nitrogens with one attached hydrogen (secondary N) is 1. The summed E-state index contributed by atoms with van der Waals surface area (Å²) in [5, 5.41) is 3.46. The van der Waals surface area contributed by atoms with Crippen LogP contribution in [-0.4, -0.2) is 50.5 Å². The molecule has 0 bridgehead atoms. The number of carbonyl (C=O) groups excluding carboxylic acids is 2. The number of nitrogens with zero attached hydrogens (tertiary/aromatic N) is 2. The van der Waals surface area contributed by atoms with Crippen molar-refractivity contribution in [3.63, 3.8) is 0 Å². The molecule has 0 unspecified atom stereocenters. The number of hydrogen-bond acceptors (Lipinski definition) is 5. The molecule has 8 nitrogen and oxygen atoms in total. The van der Waals surface area contributed by atoms with E-state index in [0.717, 1.165) is 22.5 Å². The van der Waals surface area contributed by atoms with Gasteiger partial charge in [-0.05, 0) is 60.9 Å². The molecule has 2 amide bonds. The molecule has 0 aliphatic heterocycles. The zero-order valence-electron chi connectivity index (χ0n) is 22.6. The molecule has 0 aliphatic carbocycles. The largest absolute Gasteiger partial charge is 0.489 e. The highest BCUT2D eigenvalue weighted by atomic mass is 35.5. The fourth-order valence-electron chi connectivity index (χ4n) is 3.88. The SMILES string of the molecule is CCCNC(=O)[C@@H](C)N(Cc1ccc(Cl)c(Cl)c1)C(=O)CN(c1ccc(OCc2ccccc2)cc1)S(C)(=O)=O. The number of anilines is 1. The molecule has 0 heterocycles. The molecular weight excluding hydrogens is 573 g/mol. The van der Waals surface area contributed by atoms with Gasteiger partial charge in [-0.3, -0.25) is 13.9 Å². The first-order valence-electron chi connectivity index (χ1n) is 12.7. The van der Waals surface area contributed by atoms with Gasteiger partial charge in [0, 0.05) is 13.1 Å². The van der Waals surface area contributed by atoms with Crippen molar-refractivity contribution >= 4 is 50.7 Å². The first kappa shape index (κ1) is 31.3. The molecule has 0 radical (unpaired) electrons. The Bertz CT molecular complexity index is 1400. The van der Waals surface area contributed by atoms with Crippen molar-refractivity contribution in [3.8, 4) is 5.75 Å². The first-order valence-corrected chi connectivity index (χ1v) is 15.4. The van der Waals surface area contributed by atoms with Crippen LogP contribution in [0.5, 0.6) is 5.75 Å². The summed E-state index contributed by atoms with van der Waals surface area (Å²) in [7, 11) is -3.85. The lowest BCUT2D eigenvalue weighted by Gasteiger charge is -2.31. The van der Waals surface area contributed by atoms with Crippen LogP contribution in [0.25, 0.3) is 0 Å². The van der Waals surface area contributed by atoms with Gasteiger partial charge in [-0.2, -0.15) is 0 Å². The lowest BCUT2D eigenvalue weighted by molar-refractivity contribution is -0.139. The minimum atomic E-state index is -3.85. The van der Waals surface area contributed by atoms with Crippen molar-refractivity contribution in [2.24, 2.45) is 0 Å². The van der Waals surface area contributed by atoms with E-state index in [1.807, 2.05) is 37.3 Å². The number of hydrogen-bond donors (Lipinski definition) is 1. The van der Waals surface area contributed by atoms with E-state index in [9.17, 15) is 18.0 Å². The second-order valence-electron chi connectivity index (χ2n) is 9.27. The number of halogens is 2. The Balaban J connectivity index is 1.82. The average molecular weight is 607 g/mol. The van der Waals surface area contributed by atoms with E-state index in [2.05, 4.69) is 5.32 Å². The van der Waals surface area contributed by atoms with E-state index in [0.29, 0.717) is 40.2 Å². The fraction of sp³-hybridized carbons (Fsp3) is 0.310. The number of rotatable bonds is 13. The number of sulfonamides is 1. The number of amides is 2. The highest BCUT2D eigenvalue weighted by Gasteiger charge is 2.30. The second-order valence-corrected chi connectivity index (χ2v) is 12.0. The summed E-state index contributed by atoms with van der Waals surface area (Å²) in [6.07, 6.45) is 1.76. The molecule has 0 fully saturated rings. The Kier molecular flexibility index (Phi) is 11.2. The van der Waals surface area contributed by atoms with Crippen LogP contribution in [0.3, 0.4) is 0 Å². The van der Waals surface area contributed by atoms with Crippen LogP contribution in [0, 0.1) is 0 Å². The predicted octanol–water partition coefficient (Wildman–Crippen LogP) is 5.28. The Morgan fingerprint density at radius 3 is 2.23 bits per heavy atom. The topological polar surface area (TPSA) is 96.0 Å². The summed E-state index contributed by atoms with van der Waals surface area (Å²) in [6.45, 7) is 3.86. The molecule has 0 saturated carbocycles. The van der Waals surface area contributed by atoms with Crippen LogP contribution in [0.15, 0.2) is 72.8 Å². The van der Waals surface area contributed by atoms with Crippen molar-refractivity contribution in [1.82, 2.24) is 10.2 Å². The van der Waals surface area contributed by atoms with Gasteiger partial charge in [-0.15, -0.1) is 0 Å². The average Bonchev–Trinajstić information content (AvgIpc) is 2.93. The highest BCUT2D eigenvalue weighted by Crippen LogP contribution is 2.25. The Hall–Kier alpha value is -3.27. The molecule has 11 heteroatoms. The van der Waals surface area contributed by atoms with Crippen LogP contribution in [0.4, 0.5) is 5.69 Å². The van der Waals surface area contributed by atoms with Gasteiger partial charge in [0.2, 0.25) is 21.8 Å². The quantitative estimate of drug-likeness (QED) is 0.286. The van der Waals surface area contributed by atoms with Gasteiger partial charge in [0.1, 0.15) is 24.9 Å². The summed E-state index contributed by atoms with van der Waals surface area (Å²) < 4.78 is 32.4. The van der Waals surface area contributed by atoms with E-state index in [1.165, 1.54) is 4.90 Å². The molecule has 214 valence electrons. The number of ether oxygens (including phenoxy) is 1. The highest BCUT2D eigenvalue weighted by molar-refractivity contribution is 7.92. The molecule has 40 heavy (non-hydrogen) atoms. The zero-order valence-corrected chi connectivity index (χ0v) is 25.0. The molecule has 0 saturated heterocycles. The van der Waals surface area contributed by atoms with Gasteiger partial charge in [-0.1, -0.05) is 66.5 Å². The molecule has 3 rings (SSSR count). The van der Waals surface area contributed by atoms with E-state index < -0.39 is 28.5 Å². The molecule has 1 atom stereocenters. The molecule has 0 aromatic heterocycles. The molecule has 1 N–H and O–H groups in total. The number of carbonyl (C=O) groups is 2. The van der Waals surface area contributed by atoms with Crippen LogP contribution in [-0.2, 0) is 32.8 Å². The van der Waals surface area contributed by atoms with Crippen molar-refractivity contribution in [1.29, 1.82) is 0 Å². The van der Waals surface area contributed by atoms with Crippen LogP contribution >= 0.6 is 23.2 Å². The summed E-state index contributed by atoms with van der Waals surface area (Å²) in [6, 6.07) is 20.1. The standard InChI is InChI=1S/C29H33Cl2N3O5S/c1-4-16-32-29(36)21(2)33(18-23-10-15-26(30)27(31)17-23)28(35)19-34(40(3,37)38)24-11-13-25(14-12-24)39-20-22-8-6-5-7-9-22/h5-15,17,21H,4,16,18-20H2,1-3H3,(H,32,36)/t21-/m1/s1. The van der Waals surface area contributed by atoms with E-state index in [1.54, 1.807) is 49.4 Å². The lowest BCUT2D eigenvalue weighted by Crippen LogP contribution is -2.51. The van der Waals surface area contributed by atoms with E-state index in [-0.39, 0.29) is 12.5 Å².